The number of nitrogens with two attached hydrogens (primary N) is 1. The lowest BCUT2D eigenvalue weighted by atomic mass is 9.82. The largest absolute Gasteiger partial charge is 0.481 e. The average Bonchev–Trinajstić information content (AvgIpc) is 2.78. The maximum atomic E-state index is 12.8. The Balaban J connectivity index is 1.65. The van der Waals surface area contributed by atoms with Crippen LogP contribution >= 0.6 is 0 Å². The van der Waals surface area contributed by atoms with Crippen molar-refractivity contribution in [1.29, 1.82) is 0 Å². The third-order valence-electron chi connectivity index (χ3n) is 5.77. The van der Waals surface area contributed by atoms with Crippen LogP contribution in [0.3, 0.4) is 0 Å². The average molecular weight is 397 g/mol. The number of ether oxygens (including phenoxy) is 1. The number of hydrogen-bond donors (Lipinski definition) is 3. The minimum Gasteiger partial charge on any atom is -0.481 e. The second-order valence-electron chi connectivity index (χ2n) is 7.84. The number of pyridine rings is 1. The number of nitrogens with zero attached hydrogens (tertiary/aromatic N) is 1. The van der Waals surface area contributed by atoms with Gasteiger partial charge in [0.1, 0.15) is 0 Å². The highest BCUT2D eigenvalue weighted by Crippen LogP contribution is 2.28. The lowest BCUT2D eigenvalue weighted by Crippen LogP contribution is -2.32. The molecular weight excluding hydrogens is 364 g/mol. The van der Waals surface area contributed by atoms with Gasteiger partial charge in [0, 0.05) is 30.3 Å². The molecule has 6 heteroatoms. The number of rotatable bonds is 8. The second kappa shape index (κ2) is 10.4. The number of aromatic nitrogens is 1. The summed E-state index contributed by atoms with van der Waals surface area (Å²) < 4.78 is 5.32. The van der Waals surface area contributed by atoms with Gasteiger partial charge in [-0.25, -0.2) is 4.98 Å². The van der Waals surface area contributed by atoms with Crippen molar-refractivity contribution in [2.45, 2.75) is 32.2 Å². The van der Waals surface area contributed by atoms with Crippen LogP contribution in [0.25, 0.3) is 11.3 Å². The quantitative estimate of drug-likeness (QED) is 0.638. The van der Waals surface area contributed by atoms with E-state index in [0.717, 1.165) is 30.1 Å². The molecule has 0 saturated heterocycles. The van der Waals surface area contributed by atoms with Crippen LogP contribution in [-0.4, -0.2) is 38.1 Å². The first-order chi connectivity index (χ1) is 14.1. The third-order valence-corrected chi connectivity index (χ3v) is 5.77. The predicted octanol–water partition coefficient (Wildman–Crippen LogP) is 2.97. The molecule has 1 saturated carbocycles. The Kier molecular flexibility index (Phi) is 7.61. The van der Waals surface area contributed by atoms with E-state index in [2.05, 4.69) is 15.6 Å². The van der Waals surface area contributed by atoms with Crippen LogP contribution in [0, 0.1) is 11.8 Å². The van der Waals surface area contributed by atoms with Gasteiger partial charge in [-0.1, -0.05) is 24.3 Å². The number of carbonyl (C=O) groups excluding carboxylic acids is 1. The van der Waals surface area contributed by atoms with E-state index in [1.807, 2.05) is 37.4 Å². The highest BCUT2D eigenvalue weighted by atomic mass is 16.5. The maximum Gasteiger partial charge on any atom is 0.251 e. The van der Waals surface area contributed by atoms with Crippen LogP contribution in [-0.2, 0) is 6.54 Å². The molecule has 1 aromatic carbocycles. The van der Waals surface area contributed by atoms with Gasteiger partial charge in [0.2, 0.25) is 5.88 Å². The van der Waals surface area contributed by atoms with Crippen LogP contribution in [0.4, 0.5) is 0 Å². The van der Waals surface area contributed by atoms with Crippen molar-refractivity contribution in [3.63, 3.8) is 0 Å². The molecule has 0 spiro atoms. The summed E-state index contributed by atoms with van der Waals surface area (Å²) in [7, 11) is 3.57. The smallest absolute Gasteiger partial charge is 0.251 e. The normalized spacial score (nSPS) is 19.0. The Morgan fingerprint density at radius 3 is 2.34 bits per heavy atom. The second-order valence-corrected chi connectivity index (χ2v) is 7.84. The number of methoxy groups -OCH3 is 1. The summed E-state index contributed by atoms with van der Waals surface area (Å²) in [6, 6.07) is 11.4. The first kappa shape index (κ1) is 21.3. The lowest BCUT2D eigenvalue weighted by molar-refractivity contribution is 0.0941. The molecule has 2 aromatic rings. The molecule has 1 aliphatic carbocycles. The fourth-order valence-corrected chi connectivity index (χ4v) is 3.97. The molecule has 0 atom stereocenters. The molecule has 1 amide bonds. The summed E-state index contributed by atoms with van der Waals surface area (Å²) in [5, 5.41) is 6.38. The van der Waals surface area contributed by atoms with Crippen LogP contribution in [0.5, 0.6) is 5.88 Å². The van der Waals surface area contributed by atoms with Crippen molar-refractivity contribution in [1.82, 2.24) is 15.6 Å². The summed E-state index contributed by atoms with van der Waals surface area (Å²) in [5.74, 6) is 1.68. The van der Waals surface area contributed by atoms with Gasteiger partial charge in [0.05, 0.1) is 12.8 Å². The van der Waals surface area contributed by atoms with E-state index in [1.165, 1.54) is 25.7 Å². The topological polar surface area (TPSA) is 89.3 Å². The molecule has 1 aromatic heterocycles. The van der Waals surface area contributed by atoms with Crippen molar-refractivity contribution in [2.75, 3.05) is 27.2 Å². The molecule has 6 nitrogen and oxygen atoms in total. The van der Waals surface area contributed by atoms with Gasteiger partial charge in [-0.05, 0) is 62.7 Å². The molecule has 0 unspecified atom stereocenters. The third kappa shape index (κ3) is 5.78. The lowest BCUT2D eigenvalue weighted by Gasteiger charge is -2.28. The van der Waals surface area contributed by atoms with Gasteiger partial charge in [0.15, 0.2) is 0 Å². The molecule has 0 bridgehead atoms. The fraction of sp³-hybridized carbons (Fsp3) is 0.478. The molecule has 1 heterocycles. The zero-order valence-electron chi connectivity index (χ0n) is 17.4. The van der Waals surface area contributed by atoms with Gasteiger partial charge in [-0.2, -0.15) is 0 Å². The fourth-order valence-electron chi connectivity index (χ4n) is 3.97. The predicted molar refractivity (Wildman–Crippen MR) is 116 cm³/mol. The summed E-state index contributed by atoms with van der Waals surface area (Å²) in [5.41, 5.74) is 8.94. The number of hydrogen-bond acceptors (Lipinski definition) is 5. The summed E-state index contributed by atoms with van der Waals surface area (Å²) in [4.78, 5) is 17.3. The van der Waals surface area contributed by atoms with E-state index >= 15 is 0 Å². The van der Waals surface area contributed by atoms with Gasteiger partial charge >= 0.3 is 0 Å². The molecule has 156 valence electrons. The molecule has 0 aliphatic heterocycles. The SMILES string of the molecule is CNC[C@H]1CC[C@H](CNC(=O)c2cc(OC)nc(-c3ccc(CN)cc3)c2)CC1. The number of amides is 1. The number of nitrogens with one attached hydrogen (secondary N) is 2. The molecular formula is C23H32N4O2. The molecule has 3 rings (SSSR count). The summed E-state index contributed by atoms with van der Waals surface area (Å²) in [6.07, 6.45) is 4.80. The Morgan fingerprint density at radius 1 is 1.10 bits per heavy atom. The monoisotopic (exact) mass is 396 g/mol. The standard InChI is InChI=1S/C23H32N4O2/c1-25-14-17-3-5-18(6-4-17)15-26-23(28)20-11-21(27-22(12-20)29-2)19-9-7-16(13-24)8-10-19/h7-12,17-18,25H,3-6,13-15,24H2,1-2H3,(H,26,28)/t17-,18-. The minimum absolute atomic E-state index is 0.0807. The van der Waals surface area contributed by atoms with E-state index in [1.54, 1.807) is 13.2 Å². The van der Waals surface area contributed by atoms with Gasteiger partial charge in [-0.15, -0.1) is 0 Å². The van der Waals surface area contributed by atoms with E-state index < -0.39 is 0 Å². The van der Waals surface area contributed by atoms with E-state index in [4.69, 9.17) is 10.5 Å². The van der Waals surface area contributed by atoms with Crippen molar-refractivity contribution < 1.29 is 9.53 Å². The molecule has 1 aliphatic rings. The van der Waals surface area contributed by atoms with Crippen molar-refractivity contribution >= 4 is 5.91 Å². The number of carbonyl (C=O) groups is 1. The van der Waals surface area contributed by atoms with Crippen LogP contribution in [0.2, 0.25) is 0 Å². The van der Waals surface area contributed by atoms with Crippen molar-refractivity contribution in [2.24, 2.45) is 17.6 Å². The van der Waals surface area contributed by atoms with Crippen LogP contribution in [0.1, 0.15) is 41.6 Å². The van der Waals surface area contributed by atoms with Crippen LogP contribution in [0.15, 0.2) is 36.4 Å². The van der Waals surface area contributed by atoms with E-state index in [0.29, 0.717) is 29.6 Å². The Morgan fingerprint density at radius 2 is 1.76 bits per heavy atom. The first-order valence-electron chi connectivity index (χ1n) is 10.4. The van der Waals surface area contributed by atoms with Gasteiger partial charge in [0.25, 0.3) is 5.91 Å². The van der Waals surface area contributed by atoms with Crippen LogP contribution < -0.4 is 21.1 Å². The van der Waals surface area contributed by atoms with E-state index in [-0.39, 0.29) is 5.91 Å². The Bertz CT molecular complexity index is 799. The van der Waals surface area contributed by atoms with Gasteiger partial charge in [-0.3, -0.25) is 4.79 Å². The highest BCUT2D eigenvalue weighted by molar-refractivity contribution is 5.95. The molecule has 1 fully saturated rings. The van der Waals surface area contributed by atoms with Crippen molar-refractivity contribution in [3.8, 4) is 17.1 Å². The van der Waals surface area contributed by atoms with Crippen molar-refractivity contribution in [3.05, 3.63) is 47.5 Å². The molecule has 4 N–H and O–H groups in total. The number of benzene rings is 1. The Labute approximate surface area is 173 Å². The highest BCUT2D eigenvalue weighted by Gasteiger charge is 2.21. The first-order valence-corrected chi connectivity index (χ1v) is 10.4. The van der Waals surface area contributed by atoms with E-state index in [9.17, 15) is 4.79 Å². The Hall–Kier alpha value is -2.44. The zero-order chi connectivity index (χ0) is 20.6. The zero-order valence-corrected chi connectivity index (χ0v) is 17.4. The summed E-state index contributed by atoms with van der Waals surface area (Å²) >= 11 is 0. The van der Waals surface area contributed by atoms with Gasteiger partial charge < -0.3 is 21.1 Å². The summed E-state index contributed by atoms with van der Waals surface area (Å²) in [6.45, 7) is 2.30. The molecule has 0 radical (unpaired) electrons. The molecule has 29 heavy (non-hydrogen) atoms. The maximum absolute atomic E-state index is 12.8. The minimum atomic E-state index is -0.0807.